The Kier molecular flexibility index (Phi) is 3.87. The monoisotopic (exact) mass is 323 g/mol. The standard InChI is InChI=1S/C16H23BClNO3/c1-15(2)16(3,4)22-17(21-15)11-7-14(13(19)8-12(11)18)20-9-10-5-6-10/h7-8,10H,5-6,9,19H2,1-4H3. The van der Waals surface area contributed by atoms with Crippen molar-refractivity contribution in [2.75, 3.05) is 12.3 Å². The summed E-state index contributed by atoms with van der Waals surface area (Å²) in [5, 5.41) is 0.537. The highest BCUT2D eigenvalue weighted by Crippen LogP contribution is 2.38. The number of hydrogen-bond donors (Lipinski definition) is 1. The molecule has 0 spiro atoms. The van der Waals surface area contributed by atoms with Crippen LogP contribution in [0.4, 0.5) is 5.69 Å². The van der Waals surface area contributed by atoms with Crippen molar-refractivity contribution in [3.63, 3.8) is 0 Å². The van der Waals surface area contributed by atoms with Crippen LogP contribution in [0.1, 0.15) is 40.5 Å². The molecule has 4 nitrogen and oxygen atoms in total. The number of nitrogens with two attached hydrogens (primary N) is 1. The molecular weight excluding hydrogens is 300 g/mol. The zero-order chi connectivity index (χ0) is 16.1. The van der Waals surface area contributed by atoms with Gasteiger partial charge in [-0.05, 0) is 58.6 Å². The lowest BCUT2D eigenvalue weighted by molar-refractivity contribution is 0.00578. The molecule has 1 saturated carbocycles. The summed E-state index contributed by atoms with van der Waals surface area (Å²) in [6, 6.07) is 3.56. The summed E-state index contributed by atoms with van der Waals surface area (Å²) in [6.45, 7) is 8.77. The molecule has 120 valence electrons. The van der Waals surface area contributed by atoms with Crippen LogP contribution in [0.15, 0.2) is 12.1 Å². The van der Waals surface area contributed by atoms with E-state index in [2.05, 4.69) is 0 Å². The van der Waals surface area contributed by atoms with Crippen LogP contribution in [0.25, 0.3) is 0 Å². The zero-order valence-electron chi connectivity index (χ0n) is 13.6. The molecule has 0 radical (unpaired) electrons. The summed E-state index contributed by atoms with van der Waals surface area (Å²) in [5.74, 6) is 1.32. The summed E-state index contributed by atoms with van der Waals surface area (Å²) in [7, 11) is -0.513. The maximum absolute atomic E-state index is 6.35. The van der Waals surface area contributed by atoms with E-state index in [4.69, 9.17) is 31.4 Å². The van der Waals surface area contributed by atoms with Crippen molar-refractivity contribution in [1.29, 1.82) is 0 Å². The Labute approximate surface area is 137 Å². The fourth-order valence-corrected chi connectivity index (χ4v) is 2.61. The van der Waals surface area contributed by atoms with E-state index in [9.17, 15) is 0 Å². The molecule has 22 heavy (non-hydrogen) atoms. The van der Waals surface area contributed by atoms with Crippen molar-refractivity contribution >= 4 is 29.9 Å². The van der Waals surface area contributed by atoms with Crippen LogP contribution in [-0.2, 0) is 9.31 Å². The van der Waals surface area contributed by atoms with Gasteiger partial charge in [-0.1, -0.05) is 11.6 Å². The third kappa shape index (κ3) is 2.94. The summed E-state index contributed by atoms with van der Waals surface area (Å²) < 4.78 is 17.9. The quantitative estimate of drug-likeness (QED) is 0.683. The maximum atomic E-state index is 6.35. The van der Waals surface area contributed by atoms with Crippen LogP contribution >= 0.6 is 11.6 Å². The predicted molar refractivity (Wildman–Crippen MR) is 89.8 cm³/mol. The van der Waals surface area contributed by atoms with Crippen molar-refractivity contribution < 1.29 is 14.0 Å². The SMILES string of the molecule is CC1(C)OB(c2cc(OCC3CC3)c(N)cc2Cl)OC1(C)C. The van der Waals surface area contributed by atoms with Crippen molar-refractivity contribution in [3.8, 4) is 5.75 Å². The third-order valence-electron chi connectivity index (χ3n) is 4.81. The second-order valence-corrected chi connectivity index (χ2v) is 7.66. The molecule has 0 unspecified atom stereocenters. The van der Waals surface area contributed by atoms with Crippen LogP contribution in [-0.4, -0.2) is 24.9 Å². The molecule has 1 saturated heterocycles. The molecule has 0 aromatic heterocycles. The Balaban J connectivity index is 1.85. The van der Waals surface area contributed by atoms with Gasteiger partial charge in [0.1, 0.15) is 5.75 Å². The average Bonchev–Trinajstić information content (AvgIpc) is 3.16. The van der Waals surface area contributed by atoms with Crippen molar-refractivity contribution in [3.05, 3.63) is 17.2 Å². The number of benzene rings is 1. The highest BCUT2D eigenvalue weighted by molar-refractivity contribution is 6.65. The molecule has 1 heterocycles. The van der Waals surface area contributed by atoms with Gasteiger partial charge in [0, 0.05) is 10.5 Å². The minimum atomic E-state index is -0.513. The van der Waals surface area contributed by atoms with Gasteiger partial charge >= 0.3 is 7.12 Å². The van der Waals surface area contributed by atoms with Gasteiger partial charge in [0.15, 0.2) is 0 Å². The molecule has 1 aliphatic carbocycles. The second-order valence-electron chi connectivity index (χ2n) is 7.25. The zero-order valence-corrected chi connectivity index (χ0v) is 14.4. The molecule has 0 bridgehead atoms. The van der Waals surface area contributed by atoms with Crippen LogP contribution in [0, 0.1) is 5.92 Å². The first-order valence-corrected chi connectivity index (χ1v) is 8.15. The lowest BCUT2D eigenvalue weighted by atomic mass is 9.79. The summed E-state index contributed by atoms with van der Waals surface area (Å²) in [6.07, 6.45) is 2.47. The largest absolute Gasteiger partial charge is 0.496 e. The average molecular weight is 324 g/mol. The minimum Gasteiger partial charge on any atom is -0.491 e. The van der Waals surface area contributed by atoms with Gasteiger partial charge < -0.3 is 19.8 Å². The number of halogens is 1. The van der Waals surface area contributed by atoms with Crippen molar-refractivity contribution in [2.24, 2.45) is 5.92 Å². The van der Waals surface area contributed by atoms with Gasteiger partial charge in [-0.3, -0.25) is 0 Å². The van der Waals surface area contributed by atoms with E-state index in [1.165, 1.54) is 12.8 Å². The Morgan fingerprint density at radius 1 is 1.23 bits per heavy atom. The fourth-order valence-electron chi connectivity index (χ4n) is 2.35. The Morgan fingerprint density at radius 3 is 2.36 bits per heavy atom. The van der Waals surface area contributed by atoms with Crippen LogP contribution in [0.3, 0.4) is 0 Å². The van der Waals surface area contributed by atoms with E-state index in [0.717, 1.165) is 5.46 Å². The van der Waals surface area contributed by atoms with Crippen molar-refractivity contribution in [1.82, 2.24) is 0 Å². The maximum Gasteiger partial charge on any atom is 0.496 e. The van der Waals surface area contributed by atoms with E-state index in [-0.39, 0.29) is 0 Å². The number of anilines is 1. The molecule has 2 aliphatic rings. The van der Waals surface area contributed by atoms with Crippen LogP contribution < -0.4 is 15.9 Å². The van der Waals surface area contributed by atoms with E-state index in [1.807, 2.05) is 33.8 Å². The molecule has 1 aromatic carbocycles. The highest BCUT2D eigenvalue weighted by Gasteiger charge is 2.52. The normalized spacial score (nSPS) is 22.9. The summed E-state index contributed by atoms with van der Waals surface area (Å²) >= 11 is 6.35. The first-order valence-electron chi connectivity index (χ1n) is 7.77. The van der Waals surface area contributed by atoms with E-state index < -0.39 is 18.3 Å². The van der Waals surface area contributed by atoms with Gasteiger partial charge in [0.05, 0.1) is 23.5 Å². The fraction of sp³-hybridized carbons (Fsp3) is 0.625. The first-order chi connectivity index (χ1) is 10.2. The van der Waals surface area contributed by atoms with Crippen molar-refractivity contribution in [2.45, 2.75) is 51.7 Å². The predicted octanol–water partition coefficient (Wildman–Crippen LogP) is 3.01. The van der Waals surface area contributed by atoms with E-state index >= 15 is 0 Å². The molecular formula is C16H23BClNO3. The highest BCUT2D eigenvalue weighted by atomic mass is 35.5. The van der Waals surface area contributed by atoms with Crippen LogP contribution in [0.5, 0.6) is 5.75 Å². The van der Waals surface area contributed by atoms with Gasteiger partial charge in [-0.25, -0.2) is 0 Å². The molecule has 6 heteroatoms. The van der Waals surface area contributed by atoms with Gasteiger partial charge in [-0.2, -0.15) is 0 Å². The van der Waals surface area contributed by atoms with Crippen LogP contribution in [0.2, 0.25) is 5.02 Å². The first kappa shape index (κ1) is 16.0. The van der Waals surface area contributed by atoms with Gasteiger partial charge in [-0.15, -0.1) is 0 Å². The summed E-state index contributed by atoms with van der Waals surface area (Å²) in [5.41, 5.74) is 6.51. The Morgan fingerprint density at radius 2 is 1.82 bits per heavy atom. The third-order valence-corrected chi connectivity index (χ3v) is 5.14. The Bertz CT molecular complexity index is 571. The van der Waals surface area contributed by atoms with E-state index in [1.54, 1.807) is 6.07 Å². The molecule has 2 fully saturated rings. The van der Waals surface area contributed by atoms with Gasteiger partial charge in [0.2, 0.25) is 0 Å². The lowest BCUT2D eigenvalue weighted by Gasteiger charge is -2.32. The number of hydrogen-bond acceptors (Lipinski definition) is 4. The molecule has 2 N–H and O–H groups in total. The molecule has 0 atom stereocenters. The number of ether oxygens (including phenoxy) is 1. The number of nitrogen functional groups attached to an aromatic ring is 1. The molecule has 1 aromatic rings. The lowest BCUT2D eigenvalue weighted by Crippen LogP contribution is -2.41. The second kappa shape index (κ2) is 5.32. The number of rotatable bonds is 4. The molecule has 3 rings (SSSR count). The minimum absolute atomic E-state index is 0.405. The van der Waals surface area contributed by atoms with Gasteiger partial charge in [0.25, 0.3) is 0 Å². The topological polar surface area (TPSA) is 53.7 Å². The molecule has 1 aliphatic heterocycles. The Hall–Kier alpha value is -0.905. The van der Waals surface area contributed by atoms with E-state index in [0.29, 0.717) is 29.0 Å². The smallest absolute Gasteiger partial charge is 0.491 e. The summed E-state index contributed by atoms with van der Waals surface area (Å²) in [4.78, 5) is 0. The molecule has 0 amide bonds.